The normalized spacial score (nSPS) is 15.9. The van der Waals surface area contributed by atoms with E-state index in [0.29, 0.717) is 24.6 Å². The molecule has 1 amide bonds. The highest BCUT2D eigenvalue weighted by Gasteiger charge is 2.42. The molecule has 0 bridgehead atoms. The van der Waals surface area contributed by atoms with Crippen molar-refractivity contribution in [3.8, 4) is 0 Å². The van der Waals surface area contributed by atoms with Crippen LogP contribution in [0.2, 0.25) is 0 Å². The lowest BCUT2D eigenvalue weighted by atomic mass is 9.95. The standard InChI is InChI=1S/C26H29FN2O3/c1-5-28(6-2)13-14-29-23(18-9-7-17(8-10-18)16(3)4)22-24(30)20-15-19(27)11-12-21(20)32-25(22)26(29)31/h7-12,15-16,23H,5-6,13-14H2,1-4H3. The smallest absolute Gasteiger partial charge is 0.290 e. The number of halogens is 1. The van der Waals surface area contributed by atoms with Gasteiger partial charge < -0.3 is 14.2 Å². The van der Waals surface area contributed by atoms with Gasteiger partial charge in [0, 0.05) is 13.1 Å². The number of carbonyl (C=O) groups excluding carboxylic acids is 1. The lowest BCUT2D eigenvalue weighted by molar-refractivity contribution is 0.0708. The second-order valence-corrected chi connectivity index (χ2v) is 8.56. The molecule has 2 aromatic carbocycles. The largest absolute Gasteiger partial charge is 0.450 e. The zero-order valence-corrected chi connectivity index (χ0v) is 19.0. The third-order valence-corrected chi connectivity index (χ3v) is 6.40. The Morgan fingerprint density at radius 3 is 2.38 bits per heavy atom. The van der Waals surface area contributed by atoms with Gasteiger partial charge in [0.25, 0.3) is 5.91 Å². The second kappa shape index (κ2) is 8.87. The molecule has 168 valence electrons. The minimum absolute atomic E-state index is 0.0617. The summed E-state index contributed by atoms with van der Waals surface area (Å²) in [6.07, 6.45) is 0. The van der Waals surface area contributed by atoms with Crippen molar-refractivity contribution < 1.29 is 13.6 Å². The van der Waals surface area contributed by atoms with Gasteiger partial charge in [-0.25, -0.2) is 4.39 Å². The zero-order valence-electron chi connectivity index (χ0n) is 19.0. The Bertz CT molecular complexity index is 1200. The van der Waals surface area contributed by atoms with Crippen molar-refractivity contribution in [2.45, 2.75) is 39.7 Å². The minimum atomic E-state index is -0.557. The maximum absolute atomic E-state index is 13.9. The molecule has 1 atom stereocenters. The van der Waals surface area contributed by atoms with Gasteiger partial charge in [0.05, 0.1) is 17.0 Å². The molecule has 6 heteroatoms. The van der Waals surface area contributed by atoms with Crippen molar-refractivity contribution in [1.82, 2.24) is 9.80 Å². The molecule has 3 aromatic rings. The van der Waals surface area contributed by atoms with Gasteiger partial charge >= 0.3 is 0 Å². The number of benzene rings is 2. The van der Waals surface area contributed by atoms with Crippen LogP contribution in [0.1, 0.15) is 66.9 Å². The first kappa shape index (κ1) is 22.2. The average Bonchev–Trinajstić information content (AvgIpc) is 3.07. The van der Waals surface area contributed by atoms with Gasteiger partial charge in [0.2, 0.25) is 5.76 Å². The third kappa shape index (κ3) is 3.84. The summed E-state index contributed by atoms with van der Waals surface area (Å²) in [6.45, 7) is 11.3. The Morgan fingerprint density at radius 2 is 1.75 bits per heavy atom. The van der Waals surface area contributed by atoms with Gasteiger partial charge in [-0.3, -0.25) is 9.59 Å². The van der Waals surface area contributed by atoms with Crippen LogP contribution in [0.4, 0.5) is 4.39 Å². The van der Waals surface area contributed by atoms with E-state index in [-0.39, 0.29) is 28.1 Å². The Hall–Kier alpha value is -2.99. The van der Waals surface area contributed by atoms with E-state index in [1.54, 1.807) is 4.90 Å². The van der Waals surface area contributed by atoms with Crippen LogP contribution >= 0.6 is 0 Å². The van der Waals surface area contributed by atoms with Gasteiger partial charge in [-0.2, -0.15) is 0 Å². The molecule has 32 heavy (non-hydrogen) atoms. The number of likely N-dealkylation sites (N-methyl/N-ethyl adjacent to an activating group) is 1. The summed E-state index contributed by atoms with van der Waals surface area (Å²) in [6, 6.07) is 11.3. The lowest BCUT2D eigenvalue weighted by Crippen LogP contribution is -2.37. The van der Waals surface area contributed by atoms with Crippen molar-refractivity contribution in [1.29, 1.82) is 0 Å². The number of carbonyl (C=O) groups is 1. The van der Waals surface area contributed by atoms with Crippen molar-refractivity contribution in [3.05, 3.63) is 81.0 Å². The highest BCUT2D eigenvalue weighted by Crippen LogP contribution is 2.38. The SMILES string of the molecule is CCN(CC)CCN1C(=O)c2oc3ccc(F)cc3c(=O)c2C1c1ccc(C(C)C)cc1. The highest BCUT2D eigenvalue weighted by atomic mass is 19.1. The maximum Gasteiger partial charge on any atom is 0.290 e. The predicted octanol–water partition coefficient (Wildman–Crippen LogP) is 4.94. The molecule has 4 rings (SSSR count). The van der Waals surface area contributed by atoms with Crippen LogP contribution in [-0.2, 0) is 0 Å². The molecule has 0 radical (unpaired) electrons. The highest BCUT2D eigenvalue weighted by molar-refractivity contribution is 5.99. The van der Waals surface area contributed by atoms with Crippen molar-refractivity contribution in [2.24, 2.45) is 0 Å². The molecule has 1 unspecified atom stereocenters. The Morgan fingerprint density at radius 1 is 1.06 bits per heavy atom. The lowest BCUT2D eigenvalue weighted by Gasteiger charge is -2.28. The van der Waals surface area contributed by atoms with E-state index in [9.17, 15) is 14.0 Å². The average molecular weight is 437 g/mol. The van der Waals surface area contributed by atoms with Gasteiger partial charge in [-0.15, -0.1) is 0 Å². The molecule has 0 fully saturated rings. The summed E-state index contributed by atoms with van der Waals surface area (Å²) in [5.74, 6) is -0.373. The quantitative estimate of drug-likeness (QED) is 0.526. The van der Waals surface area contributed by atoms with E-state index in [1.165, 1.54) is 23.8 Å². The van der Waals surface area contributed by atoms with Gasteiger partial charge in [-0.05, 0) is 48.3 Å². The number of hydrogen-bond donors (Lipinski definition) is 0. The molecular formula is C26H29FN2O3. The van der Waals surface area contributed by atoms with Crippen LogP contribution in [0.3, 0.4) is 0 Å². The summed E-state index contributed by atoms with van der Waals surface area (Å²) in [5, 5.41) is 0.158. The number of rotatable bonds is 7. The van der Waals surface area contributed by atoms with Crippen LogP contribution in [0.25, 0.3) is 11.0 Å². The first-order chi connectivity index (χ1) is 15.3. The molecule has 5 nitrogen and oxygen atoms in total. The van der Waals surface area contributed by atoms with E-state index in [1.807, 2.05) is 24.3 Å². The van der Waals surface area contributed by atoms with Gasteiger partial charge in [0.15, 0.2) is 5.43 Å². The second-order valence-electron chi connectivity index (χ2n) is 8.56. The van der Waals surface area contributed by atoms with Crippen LogP contribution in [0.15, 0.2) is 51.7 Å². The summed E-state index contributed by atoms with van der Waals surface area (Å²) in [5.41, 5.74) is 2.20. The third-order valence-electron chi connectivity index (χ3n) is 6.40. The first-order valence-corrected chi connectivity index (χ1v) is 11.2. The molecule has 0 aliphatic carbocycles. The fraction of sp³-hybridized carbons (Fsp3) is 0.385. The monoisotopic (exact) mass is 436 g/mol. The molecule has 0 N–H and O–H groups in total. The van der Waals surface area contributed by atoms with E-state index in [0.717, 1.165) is 18.7 Å². The van der Waals surface area contributed by atoms with Crippen molar-refractivity contribution in [2.75, 3.05) is 26.2 Å². The van der Waals surface area contributed by atoms with E-state index in [2.05, 4.69) is 32.6 Å². The van der Waals surface area contributed by atoms with E-state index in [4.69, 9.17) is 4.42 Å². The number of hydrogen-bond acceptors (Lipinski definition) is 4. The van der Waals surface area contributed by atoms with Gasteiger partial charge in [-0.1, -0.05) is 52.0 Å². The Kier molecular flexibility index (Phi) is 6.15. The molecule has 0 spiro atoms. The fourth-order valence-electron chi connectivity index (χ4n) is 4.42. The summed E-state index contributed by atoms with van der Waals surface area (Å²) in [7, 11) is 0. The molecule has 0 saturated carbocycles. The molecule has 0 saturated heterocycles. The first-order valence-electron chi connectivity index (χ1n) is 11.2. The molecule has 1 aliphatic rings. The number of fused-ring (bicyclic) bond motifs is 2. The fourth-order valence-corrected chi connectivity index (χ4v) is 4.42. The topological polar surface area (TPSA) is 53.8 Å². The zero-order chi connectivity index (χ0) is 23.0. The maximum atomic E-state index is 13.9. The number of nitrogens with zero attached hydrogens (tertiary/aromatic N) is 2. The number of amides is 1. The van der Waals surface area contributed by atoms with Crippen LogP contribution in [0, 0.1) is 5.82 Å². The van der Waals surface area contributed by atoms with Crippen LogP contribution in [-0.4, -0.2) is 41.9 Å². The Balaban J connectivity index is 1.86. The summed E-state index contributed by atoms with van der Waals surface area (Å²) < 4.78 is 19.8. The predicted molar refractivity (Wildman–Crippen MR) is 124 cm³/mol. The van der Waals surface area contributed by atoms with Crippen LogP contribution in [0.5, 0.6) is 0 Å². The van der Waals surface area contributed by atoms with Gasteiger partial charge in [0.1, 0.15) is 11.4 Å². The van der Waals surface area contributed by atoms with E-state index >= 15 is 0 Å². The summed E-state index contributed by atoms with van der Waals surface area (Å²) >= 11 is 0. The minimum Gasteiger partial charge on any atom is -0.450 e. The molecule has 1 aliphatic heterocycles. The van der Waals surface area contributed by atoms with Crippen LogP contribution < -0.4 is 5.43 Å². The molecule has 2 heterocycles. The molecule has 1 aromatic heterocycles. The molecular weight excluding hydrogens is 407 g/mol. The van der Waals surface area contributed by atoms with Crippen molar-refractivity contribution >= 4 is 16.9 Å². The van der Waals surface area contributed by atoms with E-state index < -0.39 is 11.9 Å². The van der Waals surface area contributed by atoms with Crippen molar-refractivity contribution in [3.63, 3.8) is 0 Å². The summed E-state index contributed by atoms with van der Waals surface area (Å²) in [4.78, 5) is 30.8. The Labute approximate surface area is 187 Å².